The Labute approximate surface area is 133 Å². The first-order valence-electron chi connectivity index (χ1n) is 7.06. The summed E-state index contributed by atoms with van der Waals surface area (Å²) in [5.41, 5.74) is 0.855. The van der Waals surface area contributed by atoms with Gasteiger partial charge >= 0.3 is 0 Å². The lowest BCUT2D eigenvalue weighted by atomic mass is 10.1. The van der Waals surface area contributed by atoms with E-state index in [1.54, 1.807) is 19.2 Å². The molecule has 4 nitrogen and oxygen atoms in total. The Morgan fingerprint density at radius 1 is 1.13 bits per heavy atom. The molecule has 1 amide bonds. The second kappa shape index (κ2) is 8.12. The van der Waals surface area contributed by atoms with Crippen LogP contribution in [0.4, 0.5) is 8.78 Å². The van der Waals surface area contributed by atoms with E-state index in [0.29, 0.717) is 0 Å². The van der Waals surface area contributed by atoms with E-state index in [9.17, 15) is 13.6 Å². The Morgan fingerprint density at radius 2 is 1.87 bits per heavy atom. The van der Waals surface area contributed by atoms with Crippen molar-refractivity contribution in [3.05, 3.63) is 59.7 Å². The molecule has 0 atom stereocenters. The van der Waals surface area contributed by atoms with Crippen LogP contribution in [-0.4, -0.2) is 26.2 Å². The fraction of sp³-hybridized carbons (Fsp3) is 0.235. The number of carbonyl (C=O) groups is 1. The van der Waals surface area contributed by atoms with Gasteiger partial charge in [-0.2, -0.15) is 0 Å². The van der Waals surface area contributed by atoms with Crippen LogP contribution in [0.25, 0.3) is 0 Å². The van der Waals surface area contributed by atoms with Crippen LogP contribution in [0.2, 0.25) is 0 Å². The van der Waals surface area contributed by atoms with Crippen molar-refractivity contribution in [2.45, 2.75) is 6.42 Å². The molecule has 0 unspecified atom stereocenters. The second-order valence-electron chi connectivity index (χ2n) is 4.80. The third-order valence-electron chi connectivity index (χ3n) is 3.10. The van der Waals surface area contributed by atoms with Gasteiger partial charge in [0, 0.05) is 6.07 Å². The quantitative estimate of drug-likeness (QED) is 0.798. The van der Waals surface area contributed by atoms with Crippen LogP contribution in [0.3, 0.4) is 0 Å². The normalized spacial score (nSPS) is 10.2. The average molecular weight is 321 g/mol. The van der Waals surface area contributed by atoms with Gasteiger partial charge < -0.3 is 14.8 Å². The minimum atomic E-state index is -0.769. The van der Waals surface area contributed by atoms with Crippen molar-refractivity contribution in [3.8, 4) is 11.5 Å². The second-order valence-corrected chi connectivity index (χ2v) is 4.80. The first-order valence-corrected chi connectivity index (χ1v) is 7.06. The van der Waals surface area contributed by atoms with Gasteiger partial charge in [-0.15, -0.1) is 0 Å². The molecule has 122 valence electrons. The van der Waals surface area contributed by atoms with Gasteiger partial charge in [-0.05, 0) is 29.8 Å². The lowest BCUT2D eigenvalue weighted by Crippen LogP contribution is -2.29. The summed E-state index contributed by atoms with van der Waals surface area (Å²) in [5.74, 6) is -0.921. The number of nitrogens with one attached hydrogen (secondary N) is 1. The molecule has 0 aliphatic carbocycles. The number of halogens is 2. The van der Waals surface area contributed by atoms with Crippen molar-refractivity contribution in [1.82, 2.24) is 5.32 Å². The predicted molar refractivity (Wildman–Crippen MR) is 81.6 cm³/mol. The van der Waals surface area contributed by atoms with Crippen LogP contribution < -0.4 is 14.8 Å². The number of hydrogen-bond acceptors (Lipinski definition) is 3. The number of carbonyl (C=O) groups excluding carboxylic acids is 1. The van der Waals surface area contributed by atoms with Gasteiger partial charge in [-0.25, -0.2) is 8.78 Å². The van der Waals surface area contributed by atoms with Gasteiger partial charge in [0.1, 0.15) is 18.2 Å². The highest BCUT2D eigenvalue weighted by atomic mass is 19.1. The van der Waals surface area contributed by atoms with Crippen molar-refractivity contribution in [2.24, 2.45) is 0 Å². The maximum absolute atomic E-state index is 13.3. The fourth-order valence-electron chi connectivity index (χ4n) is 1.93. The van der Waals surface area contributed by atoms with Crippen LogP contribution in [0.5, 0.6) is 11.5 Å². The van der Waals surface area contributed by atoms with Crippen LogP contribution in [0.15, 0.2) is 42.5 Å². The third-order valence-corrected chi connectivity index (χ3v) is 3.10. The minimum Gasteiger partial charge on any atom is -0.497 e. The standard InChI is InChI=1S/C17H17F2NO3/c1-22-14-5-2-12(3-6-14)10-17(21)20-8-9-23-16-7-4-13(18)11-15(16)19/h2-7,11H,8-10H2,1H3,(H,20,21). The smallest absolute Gasteiger partial charge is 0.224 e. The van der Waals surface area contributed by atoms with Crippen LogP contribution in [-0.2, 0) is 11.2 Å². The molecule has 0 aliphatic heterocycles. The number of amides is 1. The SMILES string of the molecule is COc1ccc(CC(=O)NCCOc2ccc(F)cc2F)cc1. The van der Waals surface area contributed by atoms with E-state index >= 15 is 0 Å². The lowest BCUT2D eigenvalue weighted by molar-refractivity contribution is -0.120. The molecule has 0 fully saturated rings. The van der Waals surface area contributed by atoms with Gasteiger partial charge in [-0.3, -0.25) is 4.79 Å². The largest absolute Gasteiger partial charge is 0.497 e. The molecule has 0 aromatic heterocycles. The van der Waals surface area contributed by atoms with Crippen LogP contribution in [0.1, 0.15) is 5.56 Å². The summed E-state index contributed by atoms with van der Waals surface area (Å²) in [4.78, 5) is 11.8. The zero-order valence-electron chi connectivity index (χ0n) is 12.6. The van der Waals surface area contributed by atoms with Gasteiger partial charge in [0.05, 0.1) is 20.1 Å². The molecule has 0 saturated carbocycles. The molecule has 0 radical (unpaired) electrons. The molecule has 2 aromatic carbocycles. The van der Waals surface area contributed by atoms with Gasteiger partial charge in [0.25, 0.3) is 0 Å². The van der Waals surface area contributed by atoms with Crippen molar-refractivity contribution >= 4 is 5.91 Å². The van der Waals surface area contributed by atoms with Crippen LogP contribution >= 0.6 is 0 Å². The minimum absolute atomic E-state index is 0.0456. The summed E-state index contributed by atoms with van der Waals surface area (Å²) in [7, 11) is 1.58. The highest BCUT2D eigenvalue weighted by Gasteiger charge is 2.06. The number of hydrogen-bond donors (Lipinski definition) is 1. The highest BCUT2D eigenvalue weighted by Crippen LogP contribution is 2.17. The molecule has 0 saturated heterocycles. The Hall–Kier alpha value is -2.63. The molecule has 6 heteroatoms. The zero-order chi connectivity index (χ0) is 16.7. The molecule has 0 bridgehead atoms. The fourth-order valence-corrected chi connectivity index (χ4v) is 1.93. The number of rotatable bonds is 7. The van der Waals surface area contributed by atoms with Gasteiger partial charge in [0.2, 0.25) is 5.91 Å². The molecule has 2 aromatic rings. The summed E-state index contributed by atoms with van der Waals surface area (Å²) < 4.78 is 36.3. The maximum Gasteiger partial charge on any atom is 0.224 e. The molecule has 23 heavy (non-hydrogen) atoms. The maximum atomic E-state index is 13.3. The molecule has 0 spiro atoms. The lowest BCUT2D eigenvalue weighted by Gasteiger charge is -2.09. The summed E-state index contributed by atoms with van der Waals surface area (Å²) in [6.07, 6.45) is 0.231. The first kappa shape index (κ1) is 16.7. The van der Waals surface area contributed by atoms with E-state index in [2.05, 4.69) is 5.32 Å². The Kier molecular flexibility index (Phi) is 5.91. The van der Waals surface area contributed by atoms with Gasteiger partial charge in [0.15, 0.2) is 11.6 Å². The van der Waals surface area contributed by atoms with Crippen molar-refractivity contribution in [2.75, 3.05) is 20.3 Å². The highest BCUT2D eigenvalue weighted by molar-refractivity contribution is 5.78. The van der Waals surface area contributed by atoms with Crippen molar-refractivity contribution in [3.63, 3.8) is 0 Å². The number of benzene rings is 2. The van der Waals surface area contributed by atoms with E-state index in [0.717, 1.165) is 23.4 Å². The van der Waals surface area contributed by atoms with E-state index < -0.39 is 11.6 Å². The number of ether oxygens (including phenoxy) is 2. The molecule has 0 aliphatic rings. The van der Waals surface area contributed by atoms with E-state index in [1.807, 2.05) is 12.1 Å². The Bertz CT molecular complexity index is 659. The third kappa shape index (κ3) is 5.25. The molecular weight excluding hydrogens is 304 g/mol. The van der Waals surface area contributed by atoms with E-state index in [4.69, 9.17) is 9.47 Å². The first-order chi connectivity index (χ1) is 11.1. The Balaban J connectivity index is 1.72. The summed E-state index contributed by atoms with van der Waals surface area (Å²) >= 11 is 0. The Morgan fingerprint density at radius 3 is 2.52 bits per heavy atom. The van der Waals surface area contributed by atoms with Crippen molar-refractivity contribution < 1.29 is 23.0 Å². The van der Waals surface area contributed by atoms with E-state index in [1.165, 1.54) is 6.07 Å². The number of methoxy groups -OCH3 is 1. The summed E-state index contributed by atoms with van der Waals surface area (Å²) in [6, 6.07) is 10.2. The van der Waals surface area contributed by atoms with Crippen molar-refractivity contribution in [1.29, 1.82) is 0 Å². The monoisotopic (exact) mass is 321 g/mol. The van der Waals surface area contributed by atoms with E-state index in [-0.39, 0.29) is 31.2 Å². The summed E-state index contributed by atoms with van der Waals surface area (Å²) in [6.45, 7) is 0.322. The summed E-state index contributed by atoms with van der Waals surface area (Å²) in [5, 5.41) is 2.67. The van der Waals surface area contributed by atoms with Gasteiger partial charge in [-0.1, -0.05) is 12.1 Å². The molecular formula is C17H17F2NO3. The average Bonchev–Trinajstić information content (AvgIpc) is 2.54. The van der Waals surface area contributed by atoms with Crippen LogP contribution in [0, 0.1) is 11.6 Å². The molecule has 1 N–H and O–H groups in total. The topological polar surface area (TPSA) is 47.6 Å². The zero-order valence-corrected chi connectivity index (χ0v) is 12.6. The molecule has 0 heterocycles. The molecule has 2 rings (SSSR count). The predicted octanol–water partition coefficient (Wildman–Crippen LogP) is 2.71.